The molecule has 7 nitrogen and oxygen atoms in total. The molecule has 28 heavy (non-hydrogen) atoms. The number of carbonyl (C=O) groups is 1. The summed E-state index contributed by atoms with van der Waals surface area (Å²) < 4.78 is 1.77. The average Bonchev–Trinajstić information content (AvgIpc) is 3.32. The molecular formula is C21H20N6O. The average molecular weight is 372 g/mol. The topological polar surface area (TPSA) is 79.7 Å². The number of hydrogen-bond donors (Lipinski definition) is 1. The van der Waals surface area contributed by atoms with Crippen LogP contribution in [0, 0.1) is 0 Å². The molecule has 5 rings (SSSR count). The van der Waals surface area contributed by atoms with Crippen LogP contribution >= 0.6 is 0 Å². The molecule has 1 aliphatic heterocycles. The van der Waals surface area contributed by atoms with E-state index in [0.29, 0.717) is 6.54 Å². The van der Waals surface area contributed by atoms with Gasteiger partial charge in [-0.05, 0) is 11.5 Å². The van der Waals surface area contributed by atoms with Crippen molar-refractivity contribution in [1.82, 2.24) is 29.9 Å². The van der Waals surface area contributed by atoms with Crippen molar-refractivity contribution >= 4 is 16.7 Å². The molecule has 1 N–H and O–H groups in total. The molecule has 0 aliphatic carbocycles. The maximum absolute atomic E-state index is 11.8. The number of H-pyrrole nitrogens is 1. The molecule has 0 bridgehead atoms. The summed E-state index contributed by atoms with van der Waals surface area (Å²) >= 11 is 0. The summed E-state index contributed by atoms with van der Waals surface area (Å²) in [5.41, 5.74) is 6.04. The van der Waals surface area contributed by atoms with Crippen molar-refractivity contribution in [3.8, 4) is 22.5 Å². The summed E-state index contributed by atoms with van der Waals surface area (Å²) in [5.74, 6) is 0.0958. The minimum atomic E-state index is 0.0958. The van der Waals surface area contributed by atoms with Crippen LogP contribution in [0.15, 0.2) is 42.9 Å². The van der Waals surface area contributed by atoms with Gasteiger partial charge in [-0.1, -0.05) is 18.2 Å². The molecule has 140 valence electrons. The Bertz CT molecular complexity index is 1200. The molecule has 1 aromatic carbocycles. The molecule has 4 aromatic rings. The highest BCUT2D eigenvalue weighted by molar-refractivity contribution is 5.97. The fraction of sp³-hybridized carbons (Fsp3) is 0.238. The Labute approximate surface area is 162 Å². The SMILES string of the molecule is CC(=O)N1CCc2[nH]nc(-c3cccc4cc(-c5cnn(C)c5)ncc34)c2C1. The predicted molar refractivity (Wildman–Crippen MR) is 106 cm³/mol. The highest BCUT2D eigenvalue weighted by atomic mass is 16.2. The first-order valence-corrected chi connectivity index (χ1v) is 9.30. The molecule has 1 amide bonds. The number of carbonyl (C=O) groups excluding carboxylic acids is 1. The summed E-state index contributed by atoms with van der Waals surface area (Å²) in [6, 6.07) is 8.27. The highest BCUT2D eigenvalue weighted by Crippen LogP contribution is 2.34. The van der Waals surface area contributed by atoms with Gasteiger partial charge in [0.05, 0.1) is 17.6 Å². The van der Waals surface area contributed by atoms with Gasteiger partial charge in [0.15, 0.2) is 0 Å². The van der Waals surface area contributed by atoms with Crippen molar-refractivity contribution in [1.29, 1.82) is 0 Å². The van der Waals surface area contributed by atoms with Crippen LogP contribution < -0.4 is 0 Å². The second-order valence-corrected chi connectivity index (χ2v) is 7.22. The lowest BCUT2D eigenvalue weighted by Gasteiger charge is -2.26. The maximum atomic E-state index is 11.8. The summed E-state index contributed by atoms with van der Waals surface area (Å²) in [5, 5.41) is 14.1. The molecule has 0 spiro atoms. The third-order valence-electron chi connectivity index (χ3n) is 5.40. The van der Waals surface area contributed by atoms with Crippen LogP contribution in [0.25, 0.3) is 33.3 Å². The fourth-order valence-electron chi connectivity index (χ4n) is 3.88. The Balaban J connectivity index is 1.61. The zero-order chi connectivity index (χ0) is 19.3. The molecule has 0 unspecified atom stereocenters. The zero-order valence-corrected chi connectivity index (χ0v) is 15.8. The van der Waals surface area contributed by atoms with E-state index in [1.807, 2.05) is 36.6 Å². The monoisotopic (exact) mass is 372 g/mol. The molecule has 0 atom stereocenters. The van der Waals surface area contributed by atoms with Gasteiger partial charge in [-0.3, -0.25) is 19.6 Å². The van der Waals surface area contributed by atoms with Gasteiger partial charge >= 0.3 is 0 Å². The van der Waals surface area contributed by atoms with Crippen LogP contribution in [-0.4, -0.2) is 42.3 Å². The quantitative estimate of drug-likeness (QED) is 0.587. The van der Waals surface area contributed by atoms with Crippen molar-refractivity contribution in [3.63, 3.8) is 0 Å². The third-order valence-corrected chi connectivity index (χ3v) is 5.40. The summed E-state index contributed by atoms with van der Waals surface area (Å²) in [4.78, 5) is 18.4. The molecule has 0 saturated heterocycles. The van der Waals surface area contributed by atoms with E-state index >= 15 is 0 Å². The number of rotatable bonds is 2. The molecule has 0 saturated carbocycles. The normalized spacial score (nSPS) is 13.7. The summed E-state index contributed by atoms with van der Waals surface area (Å²) in [6.07, 6.45) is 6.48. The van der Waals surface area contributed by atoms with E-state index in [1.165, 1.54) is 0 Å². The lowest BCUT2D eigenvalue weighted by Crippen LogP contribution is -2.34. The first-order valence-electron chi connectivity index (χ1n) is 9.30. The number of hydrogen-bond acceptors (Lipinski definition) is 4. The fourth-order valence-corrected chi connectivity index (χ4v) is 3.88. The largest absolute Gasteiger partial charge is 0.338 e. The van der Waals surface area contributed by atoms with E-state index in [2.05, 4.69) is 38.5 Å². The number of nitrogens with one attached hydrogen (secondary N) is 1. The molecule has 4 heterocycles. The summed E-state index contributed by atoms with van der Waals surface area (Å²) in [7, 11) is 1.90. The van der Waals surface area contributed by atoms with E-state index in [9.17, 15) is 4.79 Å². The number of aryl methyl sites for hydroxylation is 1. The number of amides is 1. The van der Waals surface area contributed by atoms with E-state index in [1.54, 1.807) is 11.6 Å². The van der Waals surface area contributed by atoms with Gasteiger partial charge in [-0.25, -0.2) is 0 Å². The molecule has 0 fully saturated rings. The smallest absolute Gasteiger partial charge is 0.219 e. The third kappa shape index (κ3) is 2.67. The number of nitrogens with zero attached hydrogens (tertiary/aromatic N) is 5. The number of pyridine rings is 1. The standard InChI is InChI=1S/C21H20N6O/c1-13(28)27-7-6-19-18(12-27)21(25-24-19)16-5-3-4-14-8-20(22-10-17(14)16)15-9-23-26(2)11-15/h3-5,8-11H,6-7,12H2,1-2H3,(H,24,25). The van der Waals surface area contributed by atoms with Crippen molar-refractivity contribution < 1.29 is 4.79 Å². The van der Waals surface area contributed by atoms with Gasteiger partial charge in [0.25, 0.3) is 0 Å². The Morgan fingerprint density at radius 1 is 1.25 bits per heavy atom. The van der Waals surface area contributed by atoms with Gasteiger partial charge in [0, 0.05) is 73.6 Å². The maximum Gasteiger partial charge on any atom is 0.219 e. The Morgan fingerprint density at radius 3 is 2.93 bits per heavy atom. The lowest BCUT2D eigenvalue weighted by molar-refractivity contribution is -0.129. The van der Waals surface area contributed by atoms with Gasteiger partial charge in [-0.15, -0.1) is 0 Å². The van der Waals surface area contributed by atoms with Crippen LogP contribution in [-0.2, 0) is 24.8 Å². The lowest BCUT2D eigenvalue weighted by atomic mass is 9.97. The summed E-state index contributed by atoms with van der Waals surface area (Å²) in [6.45, 7) is 2.94. The van der Waals surface area contributed by atoms with Gasteiger partial charge < -0.3 is 4.90 Å². The van der Waals surface area contributed by atoms with Crippen molar-refractivity contribution in [2.45, 2.75) is 19.9 Å². The van der Waals surface area contributed by atoms with Crippen molar-refractivity contribution in [2.24, 2.45) is 7.05 Å². The minimum absolute atomic E-state index is 0.0958. The van der Waals surface area contributed by atoms with E-state index in [0.717, 1.165) is 57.5 Å². The van der Waals surface area contributed by atoms with Gasteiger partial charge in [-0.2, -0.15) is 10.2 Å². The first kappa shape index (κ1) is 16.7. The number of aromatic amines is 1. The highest BCUT2D eigenvalue weighted by Gasteiger charge is 2.24. The van der Waals surface area contributed by atoms with Crippen LogP contribution in [0.3, 0.4) is 0 Å². The van der Waals surface area contributed by atoms with E-state index < -0.39 is 0 Å². The van der Waals surface area contributed by atoms with Crippen molar-refractivity contribution in [2.75, 3.05) is 6.54 Å². The number of benzene rings is 1. The Morgan fingerprint density at radius 2 is 2.14 bits per heavy atom. The number of fused-ring (bicyclic) bond motifs is 2. The minimum Gasteiger partial charge on any atom is -0.338 e. The van der Waals surface area contributed by atoms with Crippen molar-refractivity contribution in [3.05, 3.63) is 54.1 Å². The van der Waals surface area contributed by atoms with Gasteiger partial charge in [0.2, 0.25) is 5.91 Å². The van der Waals surface area contributed by atoms with Crippen LogP contribution in [0.1, 0.15) is 18.2 Å². The Hall–Kier alpha value is -3.48. The first-order chi connectivity index (χ1) is 13.6. The van der Waals surface area contributed by atoms with E-state index in [4.69, 9.17) is 0 Å². The zero-order valence-electron chi connectivity index (χ0n) is 15.8. The molecule has 1 aliphatic rings. The predicted octanol–water partition coefficient (Wildman–Crippen LogP) is 2.93. The van der Waals surface area contributed by atoms with Gasteiger partial charge in [0.1, 0.15) is 0 Å². The van der Waals surface area contributed by atoms with Crippen LogP contribution in [0.4, 0.5) is 0 Å². The molecular weight excluding hydrogens is 352 g/mol. The molecule has 7 heteroatoms. The second-order valence-electron chi connectivity index (χ2n) is 7.22. The molecule has 3 aromatic heterocycles. The second kappa shape index (κ2) is 6.30. The van der Waals surface area contributed by atoms with E-state index in [-0.39, 0.29) is 5.91 Å². The van der Waals surface area contributed by atoms with Crippen LogP contribution in [0.2, 0.25) is 0 Å². The number of aromatic nitrogens is 5. The Kier molecular flexibility index (Phi) is 3.75. The van der Waals surface area contributed by atoms with Crippen LogP contribution in [0.5, 0.6) is 0 Å². The molecule has 0 radical (unpaired) electrons.